The monoisotopic (exact) mass is 390 g/mol. The Morgan fingerprint density at radius 2 is 1.94 bits per heavy atom. The van der Waals surface area contributed by atoms with Crippen LogP contribution in [0.3, 0.4) is 0 Å². The second-order valence-corrected chi connectivity index (χ2v) is 5.36. The van der Waals surface area contributed by atoms with Crippen LogP contribution in [-0.4, -0.2) is 9.97 Å². The zero-order valence-corrected chi connectivity index (χ0v) is 12.2. The van der Waals surface area contributed by atoms with E-state index in [9.17, 15) is 0 Å². The normalized spacial score (nSPS) is 10.2. The summed E-state index contributed by atoms with van der Waals surface area (Å²) in [5.74, 6) is 0.768. The molecule has 0 spiro atoms. The van der Waals surface area contributed by atoms with E-state index >= 15 is 0 Å². The second kappa shape index (κ2) is 5.09. The molecule has 0 amide bonds. The molecule has 2 rings (SSSR count). The van der Waals surface area contributed by atoms with Gasteiger partial charge < -0.3 is 4.74 Å². The van der Waals surface area contributed by atoms with E-state index in [0.29, 0.717) is 6.01 Å². The van der Waals surface area contributed by atoms with Crippen molar-refractivity contribution in [2.75, 3.05) is 0 Å². The van der Waals surface area contributed by atoms with E-state index in [-0.39, 0.29) is 0 Å². The van der Waals surface area contributed by atoms with Crippen molar-refractivity contribution in [3.8, 4) is 11.8 Å². The Morgan fingerprint density at radius 1 is 1.25 bits per heavy atom. The fourth-order valence-corrected chi connectivity index (χ4v) is 1.93. The zero-order valence-electron chi connectivity index (χ0n) is 8.45. The summed E-state index contributed by atoms with van der Waals surface area (Å²) in [6, 6.07) is 6.17. The van der Waals surface area contributed by atoms with E-state index in [1.807, 2.05) is 25.1 Å². The van der Waals surface area contributed by atoms with E-state index in [1.165, 1.54) is 0 Å². The number of benzene rings is 1. The highest BCUT2D eigenvalue weighted by atomic mass is 127. The van der Waals surface area contributed by atoms with Gasteiger partial charge in [-0.25, -0.2) is 9.97 Å². The van der Waals surface area contributed by atoms with Gasteiger partial charge in [-0.05, 0) is 53.3 Å². The zero-order chi connectivity index (χ0) is 11.5. The van der Waals surface area contributed by atoms with Crippen LogP contribution >= 0.6 is 38.5 Å². The van der Waals surface area contributed by atoms with Crippen LogP contribution < -0.4 is 4.74 Å². The summed E-state index contributed by atoms with van der Waals surface area (Å²) in [6.45, 7) is 1.98. The van der Waals surface area contributed by atoms with Gasteiger partial charge in [0.05, 0.1) is 0 Å². The van der Waals surface area contributed by atoms with Crippen LogP contribution in [0.5, 0.6) is 11.8 Å². The van der Waals surface area contributed by atoms with Gasteiger partial charge in [0.2, 0.25) is 0 Å². The summed E-state index contributed by atoms with van der Waals surface area (Å²) >= 11 is 5.56. The van der Waals surface area contributed by atoms with Gasteiger partial charge in [0.15, 0.2) is 0 Å². The topological polar surface area (TPSA) is 35.0 Å². The molecule has 0 aliphatic carbocycles. The quantitative estimate of drug-likeness (QED) is 0.728. The molecule has 0 aliphatic rings. The van der Waals surface area contributed by atoms with Crippen molar-refractivity contribution >= 4 is 38.5 Å². The molecule has 0 atom stereocenters. The molecular formula is C11H8BrIN2O. The summed E-state index contributed by atoms with van der Waals surface area (Å²) < 4.78 is 7.59. The molecule has 0 aliphatic heterocycles. The van der Waals surface area contributed by atoms with Crippen LogP contribution in [0.15, 0.2) is 35.1 Å². The van der Waals surface area contributed by atoms with E-state index in [2.05, 4.69) is 48.5 Å². The average molecular weight is 391 g/mol. The number of halogens is 2. The molecule has 0 unspecified atom stereocenters. The maximum Gasteiger partial charge on any atom is 0.321 e. The van der Waals surface area contributed by atoms with Crippen LogP contribution in [0.25, 0.3) is 0 Å². The van der Waals surface area contributed by atoms with Crippen molar-refractivity contribution in [3.05, 3.63) is 44.2 Å². The molecule has 82 valence electrons. The fraction of sp³-hybridized carbons (Fsp3) is 0.0909. The number of hydrogen-bond acceptors (Lipinski definition) is 3. The lowest BCUT2D eigenvalue weighted by atomic mass is 10.2. The molecule has 1 heterocycles. The van der Waals surface area contributed by atoms with Crippen LogP contribution in [0, 0.1) is 10.5 Å². The number of rotatable bonds is 2. The van der Waals surface area contributed by atoms with Gasteiger partial charge >= 0.3 is 6.01 Å². The minimum Gasteiger partial charge on any atom is -0.424 e. The molecular weight excluding hydrogens is 383 g/mol. The highest BCUT2D eigenvalue weighted by Crippen LogP contribution is 2.25. The van der Waals surface area contributed by atoms with Gasteiger partial charge in [0.1, 0.15) is 5.75 Å². The van der Waals surface area contributed by atoms with E-state index in [0.717, 1.165) is 19.4 Å². The van der Waals surface area contributed by atoms with Crippen LogP contribution in [0.4, 0.5) is 0 Å². The van der Waals surface area contributed by atoms with Crippen molar-refractivity contribution in [2.24, 2.45) is 0 Å². The number of ether oxygens (including phenoxy) is 1. The molecule has 16 heavy (non-hydrogen) atoms. The summed E-state index contributed by atoms with van der Waals surface area (Å²) in [5, 5.41) is 0. The standard InChI is InChI=1S/C11H8BrIN2O/c1-7-4-8(12)2-3-10(7)16-11-14-5-9(13)6-15-11/h2-6H,1H3. The van der Waals surface area contributed by atoms with Crippen molar-refractivity contribution in [2.45, 2.75) is 6.92 Å². The highest BCUT2D eigenvalue weighted by Gasteiger charge is 2.03. The van der Waals surface area contributed by atoms with Crippen molar-refractivity contribution in [1.82, 2.24) is 9.97 Å². The largest absolute Gasteiger partial charge is 0.424 e. The van der Waals surface area contributed by atoms with Gasteiger partial charge in [0.25, 0.3) is 0 Å². The Labute approximate surface area is 116 Å². The average Bonchev–Trinajstić information content (AvgIpc) is 2.25. The number of hydrogen-bond donors (Lipinski definition) is 0. The lowest BCUT2D eigenvalue weighted by Crippen LogP contribution is -1.93. The van der Waals surface area contributed by atoms with Gasteiger partial charge in [-0.15, -0.1) is 0 Å². The molecule has 3 nitrogen and oxygen atoms in total. The van der Waals surface area contributed by atoms with E-state index < -0.39 is 0 Å². The SMILES string of the molecule is Cc1cc(Br)ccc1Oc1ncc(I)cn1. The van der Waals surface area contributed by atoms with Gasteiger partial charge in [-0.3, -0.25) is 0 Å². The third kappa shape index (κ3) is 2.91. The Bertz CT molecular complexity index is 502. The molecule has 0 saturated heterocycles. The number of nitrogens with zero attached hydrogens (tertiary/aromatic N) is 2. The summed E-state index contributed by atoms with van der Waals surface area (Å²) in [6.07, 6.45) is 3.44. The smallest absolute Gasteiger partial charge is 0.321 e. The maximum absolute atomic E-state index is 5.57. The van der Waals surface area contributed by atoms with E-state index in [1.54, 1.807) is 12.4 Å². The molecule has 0 N–H and O–H groups in total. The number of aromatic nitrogens is 2. The molecule has 0 bridgehead atoms. The lowest BCUT2D eigenvalue weighted by Gasteiger charge is -2.06. The Morgan fingerprint density at radius 3 is 2.56 bits per heavy atom. The third-order valence-electron chi connectivity index (χ3n) is 1.93. The summed E-state index contributed by atoms with van der Waals surface area (Å²) in [4.78, 5) is 8.17. The lowest BCUT2D eigenvalue weighted by molar-refractivity contribution is 0.438. The molecule has 0 radical (unpaired) electrons. The maximum atomic E-state index is 5.57. The Kier molecular flexibility index (Phi) is 3.75. The van der Waals surface area contributed by atoms with Crippen molar-refractivity contribution < 1.29 is 4.74 Å². The predicted octanol–water partition coefficient (Wildman–Crippen LogP) is 3.94. The van der Waals surface area contributed by atoms with Crippen molar-refractivity contribution in [3.63, 3.8) is 0 Å². The first-order chi connectivity index (χ1) is 7.65. The molecule has 5 heteroatoms. The predicted molar refractivity (Wildman–Crippen MR) is 73.7 cm³/mol. The summed E-state index contributed by atoms with van der Waals surface area (Å²) in [7, 11) is 0. The highest BCUT2D eigenvalue weighted by molar-refractivity contribution is 14.1. The van der Waals surface area contributed by atoms with Gasteiger partial charge in [-0.1, -0.05) is 15.9 Å². The minimum absolute atomic E-state index is 0.367. The molecule has 0 saturated carbocycles. The second-order valence-electron chi connectivity index (χ2n) is 3.20. The van der Waals surface area contributed by atoms with Crippen LogP contribution in [0.2, 0.25) is 0 Å². The minimum atomic E-state index is 0.367. The Hall–Kier alpha value is -0.690. The first-order valence-corrected chi connectivity index (χ1v) is 6.44. The van der Waals surface area contributed by atoms with Gasteiger partial charge in [-0.2, -0.15) is 0 Å². The Balaban J connectivity index is 2.23. The van der Waals surface area contributed by atoms with Crippen molar-refractivity contribution in [1.29, 1.82) is 0 Å². The summed E-state index contributed by atoms with van der Waals surface area (Å²) in [5.41, 5.74) is 1.04. The van der Waals surface area contributed by atoms with Crippen LogP contribution in [0.1, 0.15) is 5.56 Å². The number of aryl methyl sites for hydroxylation is 1. The molecule has 1 aromatic carbocycles. The third-order valence-corrected chi connectivity index (χ3v) is 2.99. The van der Waals surface area contributed by atoms with Gasteiger partial charge in [0, 0.05) is 20.4 Å². The molecule has 2 aromatic rings. The fourth-order valence-electron chi connectivity index (χ4n) is 1.18. The first-order valence-electron chi connectivity index (χ1n) is 4.57. The molecule has 0 fully saturated rings. The van der Waals surface area contributed by atoms with E-state index in [4.69, 9.17) is 4.74 Å². The van der Waals surface area contributed by atoms with Crippen LogP contribution in [-0.2, 0) is 0 Å². The molecule has 1 aromatic heterocycles. The first kappa shape index (κ1) is 11.8.